The molecule has 0 atom stereocenters. The Bertz CT molecular complexity index is 1050. The van der Waals surface area contributed by atoms with Crippen LogP contribution >= 0.6 is 0 Å². The van der Waals surface area contributed by atoms with Gasteiger partial charge in [-0.05, 0) is 43.2 Å². The van der Waals surface area contributed by atoms with Crippen LogP contribution in [-0.4, -0.2) is 49.1 Å². The average molecular weight is 411 g/mol. The molecule has 0 spiro atoms. The summed E-state index contributed by atoms with van der Waals surface area (Å²) in [5.41, 5.74) is 2.21. The third-order valence-electron chi connectivity index (χ3n) is 5.18. The number of anilines is 1. The van der Waals surface area contributed by atoms with Gasteiger partial charge in [-0.3, -0.25) is 14.5 Å². The number of nitrogens with one attached hydrogen (secondary N) is 1. The maximum absolute atomic E-state index is 12.6. The Hall–Kier alpha value is -2.97. The normalized spacial score (nSPS) is 16.9. The van der Waals surface area contributed by atoms with Crippen molar-refractivity contribution in [3.8, 4) is 0 Å². The minimum atomic E-state index is -3.49. The maximum atomic E-state index is 12.6. The van der Waals surface area contributed by atoms with Gasteiger partial charge in [-0.2, -0.15) is 4.31 Å². The molecule has 150 valence electrons. The number of nitrogens with zero attached hydrogens (tertiary/aromatic N) is 2. The van der Waals surface area contributed by atoms with Crippen LogP contribution in [0.15, 0.2) is 60.0 Å². The summed E-state index contributed by atoms with van der Waals surface area (Å²) in [6.07, 6.45) is 1.75. The molecule has 8 heteroatoms. The lowest BCUT2D eigenvalue weighted by molar-refractivity contribution is -0.116. The number of hydrogen-bond acceptors (Lipinski definition) is 4. The Morgan fingerprint density at radius 1 is 1.00 bits per heavy atom. The molecule has 1 saturated heterocycles. The number of sulfonamides is 1. The molecule has 4 rings (SSSR count). The van der Waals surface area contributed by atoms with Crippen LogP contribution in [0.5, 0.6) is 0 Å². The number of carbonyl (C=O) groups is 2. The van der Waals surface area contributed by atoms with Gasteiger partial charge in [-0.15, -0.1) is 0 Å². The van der Waals surface area contributed by atoms with Crippen LogP contribution in [0.3, 0.4) is 0 Å². The molecular weight excluding hydrogens is 390 g/mol. The van der Waals surface area contributed by atoms with Crippen LogP contribution in [0.1, 0.15) is 28.8 Å². The van der Waals surface area contributed by atoms with Crippen LogP contribution in [0.2, 0.25) is 0 Å². The lowest BCUT2D eigenvalue weighted by Crippen LogP contribution is -2.32. The molecule has 0 radical (unpaired) electrons. The number of fused-ring (bicyclic) bond motifs is 1. The molecular formula is C21H21N3O4S. The largest absolute Gasteiger partial charge is 0.325 e. The fourth-order valence-electron chi connectivity index (χ4n) is 3.63. The second-order valence-electron chi connectivity index (χ2n) is 7.07. The summed E-state index contributed by atoms with van der Waals surface area (Å²) in [4.78, 5) is 26.5. The summed E-state index contributed by atoms with van der Waals surface area (Å²) in [5, 5.41) is 2.70. The van der Waals surface area contributed by atoms with E-state index in [0.717, 1.165) is 18.4 Å². The lowest BCUT2D eigenvalue weighted by atomic mass is 10.1. The van der Waals surface area contributed by atoms with E-state index in [1.165, 1.54) is 21.3 Å². The lowest BCUT2D eigenvalue weighted by Gasteiger charge is -2.17. The van der Waals surface area contributed by atoms with E-state index in [4.69, 9.17) is 0 Å². The van der Waals surface area contributed by atoms with Crippen molar-refractivity contribution in [1.29, 1.82) is 0 Å². The molecule has 0 unspecified atom stereocenters. The topological polar surface area (TPSA) is 86.8 Å². The highest BCUT2D eigenvalue weighted by molar-refractivity contribution is 7.89. The number of rotatable bonds is 5. The van der Waals surface area contributed by atoms with Crippen molar-refractivity contribution in [2.75, 3.05) is 25.0 Å². The molecule has 2 heterocycles. The van der Waals surface area contributed by atoms with Gasteiger partial charge in [0.2, 0.25) is 15.9 Å². The van der Waals surface area contributed by atoms with Gasteiger partial charge in [-0.1, -0.05) is 24.8 Å². The summed E-state index contributed by atoms with van der Waals surface area (Å²) in [7, 11) is -3.49. The van der Waals surface area contributed by atoms with Gasteiger partial charge in [0.1, 0.15) is 6.54 Å². The molecule has 29 heavy (non-hydrogen) atoms. The van der Waals surface area contributed by atoms with E-state index in [9.17, 15) is 18.0 Å². The van der Waals surface area contributed by atoms with Crippen LogP contribution in [0, 0.1) is 0 Å². The monoisotopic (exact) mass is 411 g/mol. The fourth-order valence-corrected chi connectivity index (χ4v) is 5.15. The second-order valence-corrected chi connectivity index (χ2v) is 9.01. The fraction of sp³-hybridized carbons (Fsp3) is 0.238. The number of carbonyl (C=O) groups excluding carboxylic acids is 2. The second kappa shape index (κ2) is 7.46. The molecule has 2 aliphatic rings. The molecule has 0 aliphatic carbocycles. The van der Waals surface area contributed by atoms with Crippen molar-refractivity contribution in [1.82, 2.24) is 9.21 Å². The predicted molar refractivity (Wildman–Crippen MR) is 110 cm³/mol. The van der Waals surface area contributed by atoms with E-state index < -0.39 is 10.0 Å². The van der Waals surface area contributed by atoms with Gasteiger partial charge in [0.25, 0.3) is 5.91 Å². The first kappa shape index (κ1) is 19.4. The first-order valence-electron chi connectivity index (χ1n) is 9.38. The van der Waals surface area contributed by atoms with Crippen LogP contribution in [-0.2, 0) is 14.8 Å². The summed E-state index contributed by atoms with van der Waals surface area (Å²) >= 11 is 0. The third-order valence-corrected chi connectivity index (χ3v) is 7.09. The number of amides is 2. The zero-order valence-electron chi connectivity index (χ0n) is 15.8. The highest BCUT2D eigenvalue weighted by Gasteiger charge is 2.32. The maximum Gasteiger partial charge on any atom is 0.259 e. The molecule has 1 N–H and O–H groups in total. The van der Waals surface area contributed by atoms with Crippen LogP contribution < -0.4 is 5.32 Å². The molecule has 2 aromatic carbocycles. The molecule has 2 amide bonds. The van der Waals surface area contributed by atoms with Gasteiger partial charge in [0.05, 0.1) is 4.90 Å². The van der Waals surface area contributed by atoms with Gasteiger partial charge in [0.15, 0.2) is 0 Å². The van der Waals surface area contributed by atoms with E-state index in [1.54, 1.807) is 30.3 Å². The Morgan fingerprint density at radius 3 is 2.24 bits per heavy atom. The van der Waals surface area contributed by atoms with Crippen LogP contribution in [0.4, 0.5) is 5.69 Å². The number of hydrogen-bond donors (Lipinski definition) is 1. The van der Waals surface area contributed by atoms with E-state index in [-0.39, 0.29) is 23.3 Å². The highest BCUT2D eigenvalue weighted by Crippen LogP contribution is 2.31. The number of benzene rings is 2. The van der Waals surface area contributed by atoms with Crippen molar-refractivity contribution in [2.45, 2.75) is 17.7 Å². The van der Waals surface area contributed by atoms with Crippen molar-refractivity contribution in [3.05, 3.63) is 66.2 Å². The first-order valence-corrected chi connectivity index (χ1v) is 10.8. The Balaban J connectivity index is 1.42. The van der Waals surface area contributed by atoms with Crippen molar-refractivity contribution in [2.24, 2.45) is 0 Å². The van der Waals surface area contributed by atoms with Gasteiger partial charge in [0, 0.05) is 35.6 Å². The van der Waals surface area contributed by atoms with Crippen molar-refractivity contribution < 1.29 is 18.0 Å². The predicted octanol–water partition coefficient (Wildman–Crippen LogP) is 2.54. The Morgan fingerprint density at radius 2 is 1.62 bits per heavy atom. The van der Waals surface area contributed by atoms with Gasteiger partial charge < -0.3 is 5.32 Å². The standard InChI is InChI=1S/C21H21N3O4S/c1-15-18-6-2-3-7-19(18)21(26)24(15)14-20(25)22-16-8-10-17(11-9-16)29(27,28)23-12-4-5-13-23/h2-3,6-11H,1,4-5,12-14H2,(H,22,25). The molecule has 1 fully saturated rings. The minimum Gasteiger partial charge on any atom is -0.325 e. The molecule has 2 aromatic rings. The minimum absolute atomic E-state index is 0.166. The summed E-state index contributed by atoms with van der Waals surface area (Å²) < 4.78 is 26.6. The van der Waals surface area contributed by atoms with Crippen LogP contribution in [0.25, 0.3) is 5.70 Å². The molecule has 7 nitrogen and oxygen atoms in total. The van der Waals surface area contributed by atoms with E-state index in [1.807, 2.05) is 6.07 Å². The smallest absolute Gasteiger partial charge is 0.259 e. The van der Waals surface area contributed by atoms with E-state index in [2.05, 4.69) is 11.9 Å². The molecule has 0 bridgehead atoms. The van der Waals surface area contributed by atoms with E-state index >= 15 is 0 Å². The third kappa shape index (κ3) is 3.56. The highest BCUT2D eigenvalue weighted by atomic mass is 32.2. The first-order chi connectivity index (χ1) is 13.9. The van der Waals surface area contributed by atoms with Crippen molar-refractivity contribution in [3.63, 3.8) is 0 Å². The Kier molecular flexibility index (Phi) is 4.97. The van der Waals surface area contributed by atoms with Gasteiger partial charge in [-0.25, -0.2) is 8.42 Å². The van der Waals surface area contributed by atoms with E-state index in [0.29, 0.717) is 30.0 Å². The molecule has 0 saturated carbocycles. The zero-order chi connectivity index (χ0) is 20.6. The quantitative estimate of drug-likeness (QED) is 0.819. The summed E-state index contributed by atoms with van der Waals surface area (Å²) in [5.74, 6) is -0.643. The SMILES string of the molecule is C=C1c2ccccc2C(=O)N1CC(=O)Nc1ccc(S(=O)(=O)N2CCCC2)cc1. The molecule has 0 aromatic heterocycles. The Labute approximate surface area is 169 Å². The van der Waals surface area contributed by atoms with Crippen molar-refractivity contribution >= 4 is 33.2 Å². The average Bonchev–Trinajstić information content (AvgIpc) is 3.34. The van der Waals surface area contributed by atoms with Gasteiger partial charge >= 0.3 is 0 Å². The summed E-state index contributed by atoms with van der Waals surface area (Å²) in [6.45, 7) is 4.83. The molecule has 2 aliphatic heterocycles. The summed E-state index contributed by atoms with van der Waals surface area (Å²) in [6, 6.07) is 13.2. The zero-order valence-corrected chi connectivity index (χ0v) is 16.6.